The molecular formula is C19H14N2O6. The van der Waals surface area contributed by atoms with Gasteiger partial charge in [0.1, 0.15) is 16.9 Å². The molecule has 1 saturated heterocycles. The van der Waals surface area contributed by atoms with Crippen LogP contribution in [0.2, 0.25) is 0 Å². The van der Waals surface area contributed by atoms with Gasteiger partial charge in [-0.1, -0.05) is 24.3 Å². The van der Waals surface area contributed by atoms with E-state index in [9.17, 15) is 24.3 Å². The Bertz CT molecular complexity index is 981. The van der Waals surface area contributed by atoms with E-state index in [2.05, 4.69) is 5.32 Å². The molecule has 136 valence electrons. The number of aromatic carboxylic acids is 1. The number of imide groups is 2. The molecule has 3 rings (SSSR count). The van der Waals surface area contributed by atoms with Crippen LogP contribution in [0.3, 0.4) is 0 Å². The van der Waals surface area contributed by atoms with Gasteiger partial charge in [-0.05, 0) is 35.9 Å². The van der Waals surface area contributed by atoms with E-state index in [1.54, 1.807) is 30.3 Å². The Kier molecular flexibility index (Phi) is 4.71. The van der Waals surface area contributed by atoms with Gasteiger partial charge in [-0.3, -0.25) is 14.9 Å². The van der Waals surface area contributed by atoms with Crippen LogP contribution in [0.5, 0.6) is 5.75 Å². The minimum Gasteiger partial charge on any atom is -0.496 e. The molecule has 1 fully saturated rings. The minimum atomic E-state index is -1.22. The van der Waals surface area contributed by atoms with E-state index in [0.717, 1.165) is 4.90 Å². The highest BCUT2D eigenvalue weighted by molar-refractivity contribution is 6.39. The number of para-hydroxylation sites is 1. The molecular weight excluding hydrogens is 352 g/mol. The Morgan fingerprint density at radius 2 is 1.81 bits per heavy atom. The molecule has 4 amide bonds. The van der Waals surface area contributed by atoms with Crippen LogP contribution in [0.4, 0.5) is 10.5 Å². The molecule has 2 aromatic carbocycles. The number of nitrogens with zero attached hydrogens (tertiary/aromatic N) is 1. The largest absolute Gasteiger partial charge is 0.496 e. The Morgan fingerprint density at radius 3 is 2.44 bits per heavy atom. The maximum atomic E-state index is 12.7. The van der Waals surface area contributed by atoms with Crippen LogP contribution in [0, 0.1) is 0 Å². The maximum Gasteiger partial charge on any atom is 0.339 e. The number of carbonyl (C=O) groups is 4. The van der Waals surface area contributed by atoms with Crippen molar-refractivity contribution in [1.82, 2.24) is 5.32 Å². The van der Waals surface area contributed by atoms with Gasteiger partial charge in [0.2, 0.25) is 0 Å². The Hall–Kier alpha value is -3.94. The third kappa shape index (κ3) is 3.40. The van der Waals surface area contributed by atoms with Crippen molar-refractivity contribution < 1.29 is 29.0 Å². The second-order valence-corrected chi connectivity index (χ2v) is 5.56. The molecule has 1 heterocycles. The highest BCUT2D eigenvalue weighted by Gasteiger charge is 2.36. The molecule has 0 aliphatic carbocycles. The average Bonchev–Trinajstić information content (AvgIpc) is 2.65. The Balaban J connectivity index is 2.03. The van der Waals surface area contributed by atoms with Gasteiger partial charge in [0.15, 0.2) is 0 Å². The highest BCUT2D eigenvalue weighted by Crippen LogP contribution is 2.24. The number of carboxylic acids is 1. The Morgan fingerprint density at radius 1 is 1.11 bits per heavy atom. The van der Waals surface area contributed by atoms with Crippen LogP contribution in [-0.2, 0) is 9.59 Å². The van der Waals surface area contributed by atoms with Crippen molar-refractivity contribution in [3.05, 3.63) is 65.2 Å². The average molecular weight is 366 g/mol. The summed E-state index contributed by atoms with van der Waals surface area (Å²) < 4.78 is 4.98. The standard InChI is InChI=1S/C19H14N2O6/c1-27-15-8-7-11(9-13(15)18(24)25)10-14-16(22)20-19(26)21(17(14)23)12-5-3-2-4-6-12/h2-10H,1H3,(H,24,25)(H,20,22,26)/b14-10-. The SMILES string of the molecule is COc1ccc(/C=C2/C(=O)NC(=O)N(c3ccccc3)C2=O)cc1C(=O)O. The fourth-order valence-electron chi connectivity index (χ4n) is 2.62. The second-order valence-electron chi connectivity index (χ2n) is 5.56. The molecule has 0 spiro atoms. The number of barbiturate groups is 1. The summed E-state index contributed by atoms with van der Waals surface area (Å²) in [7, 11) is 1.33. The first-order valence-corrected chi connectivity index (χ1v) is 7.80. The van der Waals surface area contributed by atoms with Crippen molar-refractivity contribution >= 4 is 35.6 Å². The van der Waals surface area contributed by atoms with Crippen LogP contribution in [-0.4, -0.2) is 36.0 Å². The third-order valence-electron chi connectivity index (χ3n) is 3.88. The number of hydrogen-bond donors (Lipinski definition) is 2. The summed E-state index contributed by atoms with van der Waals surface area (Å²) in [6.07, 6.45) is 1.23. The zero-order chi connectivity index (χ0) is 19.6. The highest BCUT2D eigenvalue weighted by atomic mass is 16.5. The van der Waals surface area contributed by atoms with Gasteiger partial charge >= 0.3 is 12.0 Å². The predicted molar refractivity (Wildman–Crippen MR) is 95.4 cm³/mol. The maximum absolute atomic E-state index is 12.7. The summed E-state index contributed by atoms with van der Waals surface area (Å²) in [5.41, 5.74) is 0.194. The first kappa shape index (κ1) is 17.9. The number of anilines is 1. The van der Waals surface area contributed by atoms with Gasteiger partial charge < -0.3 is 9.84 Å². The van der Waals surface area contributed by atoms with Gasteiger partial charge in [-0.2, -0.15) is 0 Å². The number of carboxylic acid groups (broad SMARTS) is 1. The lowest BCUT2D eigenvalue weighted by atomic mass is 10.0. The summed E-state index contributed by atoms with van der Waals surface area (Å²) >= 11 is 0. The number of urea groups is 1. The summed E-state index contributed by atoms with van der Waals surface area (Å²) in [5, 5.41) is 11.4. The minimum absolute atomic E-state index is 0.119. The van der Waals surface area contributed by atoms with Crippen molar-refractivity contribution in [3.8, 4) is 5.75 Å². The fourth-order valence-corrected chi connectivity index (χ4v) is 2.62. The number of methoxy groups -OCH3 is 1. The number of rotatable bonds is 4. The lowest BCUT2D eigenvalue weighted by molar-refractivity contribution is -0.122. The predicted octanol–water partition coefficient (Wildman–Crippen LogP) is 2.06. The molecule has 2 N–H and O–H groups in total. The molecule has 27 heavy (non-hydrogen) atoms. The van der Waals surface area contributed by atoms with E-state index in [0.29, 0.717) is 11.3 Å². The van der Waals surface area contributed by atoms with Crippen LogP contribution in [0.15, 0.2) is 54.1 Å². The summed E-state index contributed by atoms with van der Waals surface area (Å²) in [6, 6.07) is 11.5. The number of carbonyl (C=O) groups excluding carboxylic acids is 3. The van der Waals surface area contributed by atoms with Crippen molar-refractivity contribution in [2.45, 2.75) is 0 Å². The van der Waals surface area contributed by atoms with Gasteiger partial charge in [-0.15, -0.1) is 0 Å². The van der Waals surface area contributed by atoms with Crippen LogP contribution >= 0.6 is 0 Å². The zero-order valence-electron chi connectivity index (χ0n) is 14.1. The smallest absolute Gasteiger partial charge is 0.339 e. The van der Waals surface area contributed by atoms with Crippen molar-refractivity contribution in [2.24, 2.45) is 0 Å². The molecule has 8 heteroatoms. The lowest BCUT2D eigenvalue weighted by Gasteiger charge is -2.26. The van der Waals surface area contributed by atoms with Crippen LogP contribution < -0.4 is 15.0 Å². The summed E-state index contributed by atoms with van der Waals surface area (Å²) in [5.74, 6) is -2.73. The van der Waals surface area contributed by atoms with Gasteiger partial charge in [0.25, 0.3) is 11.8 Å². The number of benzene rings is 2. The molecule has 1 aliphatic rings. The molecule has 8 nitrogen and oxygen atoms in total. The number of nitrogens with one attached hydrogen (secondary N) is 1. The van der Waals surface area contributed by atoms with E-state index in [-0.39, 0.29) is 16.9 Å². The molecule has 0 radical (unpaired) electrons. The number of ether oxygens (including phenoxy) is 1. The molecule has 0 bridgehead atoms. The first-order chi connectivity index (χ1) is 12.9. The zero-order valence-corrected chi connectivity index (χ0v) is 14.1. The van der Waals surface area contributed by atoms with E-state index in [1.165, 1.54) is 31.4 Å². The summed E-state index contributed by atoms with van der Waals surface area (Å²) in [4.78, 5) is 49.1. The monoisotopic (exact) mass is 366 g/mol. The van der Waals surface area contributed by atoms with E-state index in [4.69, 9.17) is 4.74 Å². The third-order valence-corrected chi connectivity index (χ3v) is 3.88. The van der Waals surface area contributed by atoms with E-state index >= 15 is 0 Å². The van der Waals surface area contributed by atoms with Gasteiger partial charge in [0.05, 0.1) is 12.8 Å². The van der Waals surface area contributed by atoms with Crippen LogP contribution in [0.1, 0.15) is 15.9 Å². The first-order valence-electron chi connectivity index (χ1n) is 7.80. The molecule has 0 saturated carbocycles. The van der Waals surface area contributed by atoms with Gasteiger partial charge in [0, 0.05) is 0 Å². The molecule has 2 aromatic rings. The van der Waals surface area contributed by atoms with Crippen molar-refractivity contribution in [1.29, 1.82) is 0 Å². The molecule has 0 unspecified atom stereocenters. The molecule has 1 aliphatic heterocycles. The van der Waals surface area contributed by atoms with Crippen molar-refractivity contribution in [3.63, 3.8) is 0 Å². The van der Waals surface area contributed by atoms with E-state index < -0.39 is 23.8 Å². The van der Waals surface area contributed by atoms with Gasteiger partial charge in [-0.25, -0.2) is 14.5 Å². The van der Waals surface area contributed by atoms with E-state index in [1.807, 2.05) is 0 Å². The van der Waals surface area contributed by atoms with Crippen LogP contribution in [0.25, 0.3) is 6.08 Å². The number of amides is 4. The fraction of sp³-hybridized carbons (Fsp3) is 0.0526. The molecule has 0 aromatic heterocycles. The van der Waals surface area contributed by atoms with Crippen molar-refractivity contribution in [2.75, 3.05) is 12.0 Å². The topological polar surface area (TPSA) is 113 Å². The quantitative estimate of drug-likeness (QED) is 0.633. The lowest BCUT2D eigenvalue weighted by Crippen LogP contribution is -2.54. The number of hydrogen-bond acceptors (Lipinski definition) is 5. The Labute approximate surface area is 153 Å². The summed E-state index contributed by atoms with van der Waals surface area (Å²) in [6.45, 7) is 0. The molecule has 0 atom stereocenters. The normalized spacial score (nSPS) is 15.7. The second kappa shape index (κ2) is 7.12.